The van der Waals surface area contributed by atoms with Gasteiger partial charge in [-0.25, -0.2) is 9.48 Å². The standard InChI is InChI=1S/C20H19N3O3/c1-13-8-6-7-11-16(13)18-17(20(25)26-14(2)19(21)24)12-23(22-18)15-9-4-3-5-10-15/h3-12,14H,1-2H3,(H2,21,24)/t14-/m1/s1. The quantitative estimate of drug-likeness (QED) is 0.718. The Morgan fingerprint density at radius 2 is 1.73 bits per heavy atom. The lowest BCUT2D eigenvalue weighted by Gasteiger charge is -2.10. The van der Waals surface area contributed by atoms with Crippen LogP contribution in [0.2, 0.25) is 0 Å². The van der Waals surface area contributed by atoms with Crippen molar-refractivity contribution in [1.82, 2.24) is 9.78 Å². The van der Waals surface area contributed by atoms with Crippen LogP contribution >= 0.6 is 0 Å². The SMILES string of the molecule is Cc1ccccc1-c1nn(-c2ccccc2)cc1C(=O)O[C@H](C)C(N)=O. The number of esters is 1. The molecular formula is C20H19N3O3. The summed E-state index contributed by atoms with van der Waals surface area (Å²) < 4.78 is 6.80. The summed E-state index contributed by atoms with van der Waals surface area (Å²) in [5.41, 5.74) is 8.57. The fourth-order valence-corrected chi connectivity index (χ4v) is 2.56. The van der Waals surface area contributed by atoms with Gasteiger partial charge in [-0.05, 0) is 31.5 Å². The summed E-state index contributed by atoms with van der Waals surface area (Å²) in [7, 11) is 0. The highest BCUT2D eigenvalue weighted by atomic mass is 16.5. The van der Waals surface area contributed by atoms with Crippen molar-refractivity contribution in [3.05, 3.63) is 71.9 Å². The summed E-state index contributed by atoms with van der Waals surface area (Å²) >= 11 is 0. The minimum Gasteiger partial charge on any atom is -0.449 e. The van der Waals surface area contributed by atoms with Gasteiger partial charge >= 0.3 is 5.97 Å². The summed E-state index contributed by atoms with van der Waals surface area (Å²) in [5, 5.41) is 4.58. The second-order valence-corrected chi connectivity index (χ2v) is 5.94. The molecular weight excluding hydrogens is 330 g/mol. The van der Waals surface area contributed by atoms with Gasteiger partial charge in [-0.2, -0.15) is 5.10 Å². The summed E-state index contributed by atoms with van der Waals surface area (Å²) in [4.78, 5) is 23.9. The van der Waals surface area contributed by atoms with Gasteiger partial charge in [-0.3, -0.25) is 4.79 Å². The maximum absolute atomic E-state index is 12.6. The number of nitrogens with two attached hydrogens (primary N) is 1. The number of aryl methyl sites for hydroxylation is 1. The molecule has 0 fully saturated rings. The van der Waals surface area contributed by atoms with Crippen LogP contribution < -0.4 is 5.73 Å². The van der Waals surface area contributed by atoms with Crippen molar-refractivity contribution in [1.29, 1.82) is 0 Å². The first-order chi connectivity index (χ1) is 12.5. The van der Waals surface area contributed by atoms with E-state index in [2.05, 4.69) is 5.10 Å². The first-order valence-electron chi connectivity index (χ1n) is 8.18. The molecule has 26 heavy (non-hydrogen) atoms. The number of rotatable bonds is 5. The third-order valence-corrected chi connectivity index (χ3v) is 4.04. The molecule has 0 aliphatic heterocycles. The Morgan fingerprint density at radius 1 is 1.08 bits per heavy atom. The van der Waals surface area contributed by atoms with Gasteiger partial charge < -0.3 is 10.5 Å². The minimum atomic E-state index is -1.02. The normalized spacial score (nSPS) is 11.8. The number of aromatic nitrogens is 2. The number of para-hydroxylation sites is 1. The maximum Gasteiger partial charge on any atom is 0.342 e. The molecule has 0 spiro atoms. The fourth-order valence-electron chi connectivity index (χ4n) is 2.56. The Balaban J connectivity index is 2.09. The molecule has 0 aliphatic carbocycles. The molecule has 1 atom stereocenters. The van der Waals surface area contributed by atoms with Crippen LogP contribution in [0.5, 0.6) is 0 Å². The van der Waals surface area contributed by atoms with Crippen LogP contribution in [-0.4, -0.2) is 27.8 Å². The lowest BCUT2D eigenvalue weighted by molar-refractivity contribution is -0.125. The average Bonchev–Trinajstić information content (AvgIpc) is 3.08. The van der Waals surface area contributed by atoms with Crippen molar-refractivity contribution in [2.45, 2.75) is 20.0 Å². The van der Waals surface area contributed by atoms with Crippen LogP contribution in [0.1, 0.15) is 22.8 Å². The first-order valence-corrected chi connectivity index (χ1v) is 8.18. The molecule has 0 radical (unpaired) electrons. The predicted molar refractivity (Wildman–Crippen MR) is 97.8 cm³/mol. The molecule has 0 bridgehead atoms. The summed E-state index contributed by atoms with van der Waals surface area (Å²) in [6.07, 6.45) is 0.583. The molecule has 1 heterocycles. The lowest BCUT2D eigenvalue weighted by Crippen LogP contribution is -2.30. The van der Waals surface area contributed by atoms with E-state index in [4.69, 9.17) is 10.5 Å². The molecule has 6 heteroatoms. The van der Waals surface area contributed by atoms with E-state index in [-0.39, 0.29) is 5.56 Å². The van der Waals surface area contributed by atoms with Crippen molar-refractivity contribution in [3.63, 3.8) is 0 Å². The van der Waals surface area contributed by atoms with Gasteiger partial charge in [0.05, 0.1) is 5.69 Å². The third-order valence-electron chi connectivity index (χ3n) is 4.04. The van der Waals surface area contributed by atoms with E-state index in [0.29, 0.717) is 5.69 Å². The van der Waals surface area contributed by atoms with Gasteiger partial charge in [0.2, 0.25) is 0 Å². The molecule has 0 unspecified atom stereocenters. The van der Waals surface area contributed by atoms with Gasteiger partial charge in [0.25, 0.3) is 5.91 Å². The fraction of sp³-hybridized carbons (Fsp3) is 0.150. The summed E-state index contributed by atoms with van der Waals surface area (Å²) in [5.74, 6) is -1.34. The molecule has 0 saturated carbocycles. The highest BCUT2D eigenvalue weighted by molar-refractivity contribution is 5.97. The van der Waals surface area contributed by atoms with Gasteiger partial charge in [0.1, 0.15) is 11.3 Å². The largest absolute Gasteiger partial charge is 0.449 e. The zero-order valence-corrected chi connectivity index (χ0v) is 14.5. The van der Waals surface area contributed by atoms with Crippen molar-refractivity contribution < 1.29 is 14.3 Å². The molecule has 3 aromatic rings. The topological polar surface area (TPSA) is 87.2 Å². The molecule has 2 N–H and O–H groups in total. The zero-order chi connectivity index (χ0) is 18.7. The Bertz CT molecular complexity index is 948. The summed E-state index contributed by atoms with van der Waals surface area (Å²) in [6.45, 7) is 3.38. The second-order valence-electron chi connectivity index (χ2n) is 5.94. The Kier molecular flexibility index (Phi) is 4.84. The highest BCUT2D eigenvalue weighted by Crippen LogP contribution is 2.27. The van der Waals surface area contributed by atoms with Gasteiger partial charge in [-0.15, -0.1) is 0 Å². The summed E-state index contributed by atoms with van der Waals surface area (Å²) in [6, 6.07) is 17.1. The van der Waals surface area contributed by atoms with Crippen LogP contribution in [0.25, 0.3) is 16.9 Å². The van der Waals surface area contributed by atoms with Crippen molar-refractivity contribution in [3.8, 4) is 16.9 Å². The number of amides is 1. The second kappa shape index (κ2) is 7.23. The molecule has 0 saturated heterocycles. The van der Waals surface area contributed by atoms with Crippen LogP contribution in [-0.2, 0) is 9.53 Å². The number of nitrogens with zero attached hydrogens (tertiary/aromatic N) is 2. The van der Waals surface area contributed by atoms with E-state index < -0.39 is 18.0 Å². The number of ether oxygens (including phenoxy) is 1. The molecule has 2 aromatic carbocycles. The maximum atomic E-state index is 12.6. The highest BCUT2D eigenvalue weighted by Gasteiger charge is 2.24. The number of hydrogen-bond acceptors (Lipinski definition) is 4. The van der Waals surface area contributed by atoms with Crippen LogP contribution in [0.4, 0.5) is 0 Å². The molecule has 0 aliphatic rings. The van der Waals surface area contributed by atoms with Gasteiger partial charge in [-0.1, -0.05) is 42.5 Å². The number of carbonyl (C=O) groups excluding carboxylic acids is 2. The molecule has 1 aromatic heterocycles. The number of carbonyl (C=O) groups is 2. The Morgan fingerprint density at radius 3 is 2.38 bits per heavy atom. The van der Waals surface area contributed by atoms with E-state index in [9.17, 15) is 9.59 Å². The van der Waals surface area contributed by atoms with Crippen molar-refractivity contribution in [2.75, 3.05) is 0 Å². The number of primary amides is 1. The average molecular weight is 349 g/mol. The molecule has 1 amide bonds. The van der Waals surface area contributed by atoms with Crippen LogP contribution in [0.3, 0.4) is 0 Å². The van der Waals surface area contributed by atoms with Crippen molar-refractivity contribution >= 4 is 11.9 Å². The van der Waals surface area contributed by atoms with E-state index in [1.165, 1.54) is 6.92 Å². The number of hydrogen-bond donors (Lipinski definition) is 1. The zero-order valence-electron chi connectivity index (χ0n) is 14.5. The van der Waals surface area contributed by atoms with E-state index >= 15 is 0 Å². The van der Waals surface area contributed by atoms with Gasteiger partial charge in [0, 0.05) is 11.8 Å². The molecule has 132 valence electrons. The molecule has 3 rings (SSSR count). The van der Waals surface area contributed by atoms with Crippen molar-refractivity contribution in [2.24, 2.45) is 5.73 Å². The monoisotopic (exact) mass is 349 g/mol. The first kappa shape index (κ1) is 17.4. The third kappa shape index (κ3) is 3.49. The van der Waals surface area contributed by atoms with E-state index in [0.717, 1.165) is 16.8 Å². The van der Waals surface area contributed by atoms with Crippen LogP contribution in [0.15, 0.2) is 60.8 Å². The van der Waals surface area contributed by atoms with E-state index in [1.807, 2.05) is 61.5 Å². The lowest BCUT2D eigenvalue weighted by atomic mass is 10.0. The smallest absolute Gasteiger partial charge is 0.342 e. The van der Waals surface area contributed by atoms with Gasteiger partial charge in [0.15, 0.2) is 6.10 Å². The Labute approximate surface area is 151 Å². The minimum absolute atomic E-state index is 0.274. The van der Waals surface area contributed by atoms with Crippen LogP contribution in [0, 0.1) is 6.92 Å². The van der Waals surface area contributed by atoms with E-state index in [1.54, 1.807) is 10.9 Å². The Hall–Kier alpha value is -3.41. The molecule has 6 nitrogen and oxygen atoms in total. The predicted octanol–water partition coefficient (Wildman–Crippen LogP) is 2.88. The number of benzene rings is 2.